The predicted octanol–water partition coefficient (Wildman–Crippen LogP) is 3.36. The molecule has 1 nitrogen and oxygen atoms in total. The number of hydrogen-bond donors (Lipinski definition) is 1. The molecule has 0 aromatic heterocycles. The fraction of sp³-hybridized carbons (Fsp3) is 0.538. The molecule has 0 spiro atoms. The molecule has 1 aromatic rings. The molecule has 3 heteroatoms. The standard InChI is InChI=1S/C13H17F2N/c1-10-6-2-3-7-11(10)12(16)8-4-5-9-13(12,14)15/h2-3,6-7H,4-5,8-9,16H2,1H3/t12-/m0/s1. The summed E-state index contributed by atoms with van der Waals surface area (Å²) in [5.41, 5.74) is 5.98. The van der Waals surface area contributed by atoms with Gasteiger partial charge in [0.2, 0.25) is 0 Å². The number of halogens is 2. The highest BCUT2D eigenvalue weighted by molar-refractivity contribution is 5.35. The van der Waals surface area contributed by atoms with E-state index in [1.54, 1.807) is 12.1 Å². The van der Waals surface area contributed by atoms with Gasteiger partial charge in [-0.05, 0) is 30.9 Å². The summed E-state index contributed by atoms with van der Waals surface area (Å²) in [6, 6.07) is 7.20. The quantitative estimate of drug-likeness (QED) is 0.779. The lowest BCUT2D eigenvalue weighted by Gasteiger charge is -2.42. The number of aryl methyl sites for hydroxylation is 1. The largest absolute Gasteiger partial charge is 0.316 e. The maximum Gasteiger partial charge on any atom is 0.269 e. The van der Waals surface area contributed by atoms with E-state index in [1.807, 2.05) is 19.1 Å². The van der Waals surface area contributed by atoms with Crippen LogP contribution in [0.3, 0.4) is 0 Å². The van der Waals surface area contributed by atoms with Crippen LogP contribution in [0, 0.1) is 6.92 Å². The van der Waals surface area contributed by atoms with Crippen molar-refractivity contribution in [2.45, 2.75) is 44.1 Å². The van der Waals surface area contributed by atoms with Gasteiger partial charge in [-0.1, -0.05) is 30.7 Å². The van der Waals surface area contributed by atoms with Crippen molar-refractivity contribution in [3.63, 3.8) is 0 Å². The molecule has 1 saturated carbocycles. The average molecular weight is 225 g/mol. The molecule has 0 bridgehead atoms. The van der Waals surface area contributed by atoms with Gasteiger partial charge < -0.3 is 5.73 Å². The third kappa shape index (κ3) is 1.63. The van der Waals surface area contributed by atoms with E-state index in [4.69, 9.17) is 5.73 Å². The Kier molecular flexibility index (Phi) is 2.74. The predicted molar refractivity (Wildman–Crippen MR) is 60.5 cm³/mol. The summed E-state index contributed by atoms with van der Waals surface area (Å²) < 4.78 is 28.0. The minimum Gasteiger partial charge on any atom is -0.316 e. The third-order valence-electron chi connectivity index (χ3n) is 3.59. The van der Waals surface area contributed by atoms with Gasteiger partial charge in [0.15, 0.2) is 0 Å². The first kappa shape index (κ1) is 11.5. The van der Waals surface area contributed by atoms with E-state index in [9.17, 15) is 8.78 Å². The molecule has 16 heavy (non-hydrogen) atoms. The fourth-order valence-electron chi connectivity index (χ4n) is 2.56. The summed E-state index contributed by atoms with van der Waals surface area (Å²) in [5, 5.41) is 0. The first-order valence-corrected chi connectivity index (χ1v) is 5.70. The van der Waals surface area contributed by atoms with Gasteiger partial charge in [0, 0.05) is 6.42 Å². The van der Waals surface area contributed by atoms with Gasteiger partial charge in [-0.25, -0.2) is 8.78 Å². The monoisotopic (exact) mass is 225 g/mol. The number of benzene rings is 1. The molecule has 88 valence electrons. The van der Waals surface area contributed by atoms with Crippen LogP contribution in [0.4, 0.5) is 8.78 Å². The lowest BCUT2D eigenvalue weighted by atomic mass is 9.73. The molecule has 0 heterocycles. The summed E-state index contributed by atoms with van der Waals surface area (Å²) >= 11 is 0. The summed E-state index contributed by atoms with van der Waals surface area (Å²) in [6.07, 6.45) is 1.61. The molecular weight excluding hydrogens is 208 g/mol. The van der Waals surface area contributed by atoms with Gasteiger partial charge in [0.25, 0.3) is 5.92 Å². The Bertz CT molecular complexity index is 389. The van der Waals surface area contributed by atoms with E-state index < -0.39 is 11.5 Å². The zero-order valence-electron chi connectivity index (χ0n) is 9.47. The summed E-state index contributed by atoms with van der Waals surface area (Å²) in [7, 11) is 0. The van der Waals surface area contributed by atoms with Gasteiger partial charge in [-0.15, -0.1) is 0 Å². The molecule has 0 aliphatic heterocycles. The SMILES string of the molecule is Cc1ccccc1[C@@]1(N)CCCCC1(F)F. The number of nitrogens with two attached hydrogens (primary N) is 1. The van der Waals surface area contributed by atoms with Crippen LogP contribution in [0.15, 0.2) is 24.3 Å². The molecule has 0 saturated heterocycles. The van der Waals surface area contributed by atoms with Crippen LogP contribution in [0.2, 0.25) is 0 Å². The minimum absolute atomic E-state index is 0.0994. The Morgan fingerprint density at radius 2 is 1.75 bits per heavy atom. The molecule has 1 aromatic carbocycles. The van der Waals surface area contributed by atoms with Crippen molar-refractivity contribution < 1.29 is 8.78 Å². The molecule has 1 atom stereocenters. The molecule has 2 rings (SSSR count). The van der Waals surface area contributed by atoms with Crippen LogP contribution in [-0.4, -0.2) is 5.92 Å². The van der Waals surface area contributed by atoms with E-state index in [0.717, 1.165) is 12.0 Å². The van der Waals surface area contributed by atoms with Crippen molar-refractivity contribution in [3.8, 4) is 0 Å². The smallest absolute Gasteiger partial charge is 0.269 e. The maximum absolute atomic E-state index is 14.0. The third-order valence-corrected chi connectivity index (χ3v) is 3.59. The van der Waals surface area contributed by atoms with E-state index in [1.165, 1.54) is 0 Å². The van der Waals surface area contributed by atoms with E-state index >= 15 is 0 Å². The van der Waals surface area contributed by atoms with Crippen LogP contribution in [0.5, 0.6) is 0 Å². The van der Waals surface area contributed by atoms with Crippen molar-refractivity contribution in [1.29, 1.82) is 0 Å². The number of rotatable bonds is 1. The van der Waals surface area contributed by atoms with Gasteiger partial charge in [0.05, 0.1) is 0 Å². The fourth-order valence-corrected chi connectivity index (χ4v) is 2.56. The Hall–Kier alpha value is -0.960. The van der Waals surface area contributed by atoms with Crippen molar-refractivity contribution >= 4 is 0 Å². The lowest BCUT2D eigenvalue weighted by molar-refractivity contribution is -0.105. The Labute approximate surface area is 94.7 Å². The molecule has 1 aliphatic rings. The second-order valence-electron chi connectivity index (χ2n) is 4.70. The average Bonchev–Trinajstić information content (AvgIpc) is 2.23. The first-order chi connectivity index (χ1) is 7.47. The molecule has 0 unspecified atom stereocenters. The van der Waals surface area contributed by atoms with Crippen molar-refractivity contribution in [2.24, 2.45) is 5.73 Å². The Morgan fingerprint density at radius 3 is 2.38 bits per heavy atom. The first-order valence-electron chi connectivity index (χ1n) is 5.70. The molecular formula is C13H17F2N. The minimum atomic E-state index is -2.79. The normalized spacial score (nSPS) is 29.0. The second kappa shape index (κ2) is 3.81. The van der Waals surface area contributed by atoms with Crippen molar-refractivity contribution in [3.05, 3.63) is 35.4 Å². The van der Waals surface area contributed by atoms with Crippen LogP contribution >= 0.6 is 0 Å². The molecule has 0 amide bonds. The maximum atomic E-state index is 14.0. The van der Waals surface area contributed by atoms with Gasteiger partial charge >= 0.3 is 0 Å². The summed E-state index contributed by atoms with van der Waals surface area (Å²) in [6.45, 7) is 1.84. The van der Waals surface area contributed by atoms with Crippen LogP contribution < -0.4 is 5.73 Å². The molecule has 0 radical (unpaired) electrons. The zero-order chi connectivity index (χ0) is 11.8. The number of alkyl halides is 2. The van der Waals surface area contributed by atoms with Gasteiger partial charge in [-0.3, -0.25) is 0 Å². The van der Waals surface area contributed by atoms with Gasteiger partial charge in [-0.2, -0.15) is 0 Å². The topological polar surface area (TPSA) is 26.0 Å². The highest BCUT2D eigenvalue weighted by Gasteiger charge is 2.53. The Morgan fingerprint density at radius 1 is 1.12 bits per heavy atom. The van der Waals surface area contributed by atoms with Gasteiger partial charge in [0.1, 0.15) is 5.54 Å². The van der Waals surface area contributed by atoms with E-state index in [-0.39, 0.29) is 6.42 Å². The summed E-state index contributed by atoms with van der Waals surface area (Å²) in [4.78, 5) is 0. The molecule has 1 fully saturated rings. The van der Waals surface area contributed by atoms with Crippen LogP contribution in [0.25, 0.3) is 0 Å². The van der Waals surface area contributed by atoms with Crippen molar-refractivity contribution in [1.82, 2.24) is 0 Å². The van der Waals surface area contributed by atoms with E-state index in [2.05, 4.69) is 0 Å². The lowest BCUT2D eigenvalue weighted by Crippen LogP contribution is -2.55. The Balaban J connectivity index is 2.48. The summed E-state index contributed by atoms with van der Waals surface area (Å²) in [5.74, 6) is -2.79. The number of hydrogen-bond acceptors (Lipinski definition) is 1. The van der Waals surface area contributed by atoms with Crippen LogP contribution in [-0.2, 0) is 5.54 Å². The second-order valence-corrected chi connectivity index (χ2v) is 4.70. The van der Waals surface area contributed by atoms with Crippen molar-refractivity contribution in [2.75, 3.05) is 0 Å². The highest BCUT2D eigenvalue weighted by Crippen LogP contribution is 2.46. The molecule has 1 aliphatic carbocycles. The zero-order valence-corrected chi connectivity index (χ0v) is 9.47. The van der Waals surface area contributed by atoms with Crippen LogP contribution in [0.1, 0.15) is 36.8 Å². The van der Waals surface area contributed by atoms with E-state index in [0.29, 0.717) is 18.4 Å². The highest BCUT2D eigenvalue weighted by atomic mass is 19.3. The molecule has 2 N–H and O–H groups in total.